The quantitative estimate of drug-likeness (QED) is 0.0222. The van der Waals surface area contributed by atoms with E-state index in [1.54, 1.807) is 0 Å². The number of rotatable bonds is 87. The summed E-state index contributed by atoms with van der Waals surface area (Å²) >= 11 is 0. The molecule has 0 amide bonds. The largest absolute Gasteiger partial charge is 0.472 e. The second-order valence-corrected chi connectivity index (χ2v) is 34.7. The van der Waals surface area contributed by atoms with Crippen LogP contribution in [0, 0.1) is 5.92 Å². The molecule has 0 rings (SSSR count). The van der Waals surface area contributed by atoms with Crippen molar-refractivity contribution in [1.82, 2.24) is 0 Å². The van der Waals surface area contributed by atoms with Crippen LogP contribution in [0.5, 0.6) is 0 Å². The Labute approximate surface area is 651 Å². The Balaban J connectivity index is 5.24. The van der Waals surface area contributed by atoms with Gasteiger partial charge in [-0.15, -0.1) is 0 Å². The van der Waals surface area contributed by atoms with Gasteiger partial charge in [0.25, 0.3) is 0 Å². The fraction of sp³-hybridized carbons (Fsp3) is 0.954. The third-order valence-corrected chi connectivity index (χ3v) is 22.4. The van der Waals surface area contributed by atoms with Crippen molar-refractivity contribution in [1.29, 1.82) is 0 Å². The molecule has 0 aromatic rings. The van der Waals surface area contributed by atoms with Crippen LogP contribution < -0.4 is 0 Å². The molecule has 19 heteroatoms. The van der Waals surface area contributed by atoms with E-state index in [-0.39, 0.29) is 25.7 Å². The predicted molar refractivity (Wildman–Crippen MR) is 437 cm³/mol. The number of phosphoric ester groups is 2. The van der Waals surface area contributed by atoms with Gasteiger partial charge in [-0.1, -0.05) is 420 Å². The molecule has 0 radical (unpaired) electrons. The average molecular weight is 1550 g/mol. The average Bonchev–Trinajstić information content (AvgIpc) is 0.907. The lowest BCUT2D eigenvalue weighted by Crippen LogP contribution is -2.30. The smallest absolute Gasteiger partial charge is 0.462 e. The van der Waals surface area contributed by atoms with Gasteiger partial charge in [0.15, 0.2) is 12.2 Å². The number of ether oxygens (including phenoxy) is 4. The van der Waals surface area contributed by atoms with Gasteiger partial charge in [0, 0.05) is 25.7 Å². The normalized spacial score (nSPS) is 13.7. The Morgan fingerprint density at radius 2 is 0.434 bits per heavy atom. The maximum Gasteiger partial charge on any atom is 0.472 e. The first kappa shape index (κ1) is 104. The zero-order valence-electron chi connectivity index (χ0n) is 69.6. The second kappa shape index (κ2) is 79.7. The number of aliphatic hydroxyl groups is 1. The minimum absolute atomic E-state index is 0.108. The van der Waals surface area contributed by atoms with E-state index in [1.807, 2.05) is 0 Å². The molecule has 0 saturated carbocycles. The highest BCUT2D eigenvalue weighted by atomic mass is 31.2. The van der Waals surface area contributed by atoms with Crippen LogP contribution in [0.25, 0.3) is 0 Å². The first-order chi connectivity index (χ1) is 51.5. The van der Waals surface area contributed by atoms with Crippen molar-refractivity contribution >= 4 is 39.5 Å². The molecule has 17 nitrogen and oxygen atoms in total. The summed E-state index contributed by atoms with van der Waals surface area (Å²) in [6.45, 7) is 7.35. The molecule has 0 heterocycles. The van der Waals surface area contributed by atoms with E-state index in [2.05, 4.69) is 34.6 Å². The Morgan fingerprint density at radius 3 is 0.642 bits per heavy atom. The molecule has 0 aliphatic rings. The highest BCUT2D eigenvalue weighted by molar-refractivity contribution is 7.47. The Morgan fingerprint density at radius 1 is 0.255 bits per heavy atom. The highest BCUT2D eigenvalue weighted by Gasteiger charge is 2.30. The standard InChI is InChI=1S/C87H170O17P2/c1-6-9-12-15-18-21-24-27-30-32-34-35-37-39-41-44-47-52-58-63-68-73-87(92)103-82(76-97-84(89)70-65-60-55-50-45-43-40-38-36-33-31-28-25-22-19-16-13-10-7-2)78-101-105(93,94)99-74-81(88)75-100-106(95,96)102-79-83(77-98-85(90)71-66-61-56-53-48-49-54-59-64-69-80(4)5)104-86(91)72-67-62-57-51-46-42-29-26-23-20-17-14-11-8-3/h80-83,88H,6-79H2,1-5H3,(H,93,94)(H,95,96)/t81-,82-,83-/m1/s1. The summed E-state index contributed by atoms with van der Waals surface area (Å²) in [6, 6.07) is 0. The zero-order chi connectivity index (χ0) is 77.6. The lowest BCUT2D eigenvalue weighted by Gasteiger charge is -2.21. The number of carbonyl (C=O) groups is 4. The van der Waals surface area contributed by atoms with Crippen LogP contribution in [0.15, 0.2) is 0 Å². The van der Waals surface area contributed by atoms with Crippen LogP contribution in [-0.4, -0.2) is 96.7 Å². The molecule has 0 fully saturated rings. The van der Waals surface area contributed by atoms with E-state index in [9.17, 15) is 43.2 Å². The first-order valence-corrected chi connectivity index (χ1v) is 48.1. The van der Waals surface area contributed by atoms with Gasteiger partial charge in [-0.25, -0.2) is 9.13 Å². The summed E-state index contributed by atoms with van der Waals surface area (Å²) in [5, 5.41) is 10.7. The summed E-state index contributed by atoms with van der Waals surface area (Å²) < 4.78 is 68.9. The number of carbonyl (C=O) groups excluding carboxylic acids is 4. The van der Waals surface area contributed by atoms with Gasteiger partial charge in [-0.2, -0.15) is 0 Å². The number of aliphatic hydroxyl groups excluding tert-OH is 1. The molecule has 630 valence electrons. The topological polar surface area (TPSA) is 237 Å². The van der Waals surface area contributed by atoms with Gasteiger partial charge in [-0.05, 0) is 31.6 Å². The molecular weight excluding hydrogens is 1380 g/mol. The second-order valence-electron chi connectivity index (χ2n) is 31.8. The minimum Gasteiger partial charge on any atom is -0.462 e. The Kier molecular flexibility index (Phi) is 78.2. The summed E-state index contributed by atoms with van der Waals surface area (Å²) in [6.07, 6.45) is 73.7. The van der Waals surface area contributed by atoms with Crippen LogP contribution >= 0.6 is 15.6 Å². The molecular formula is C87H170O17P2. The van der Waals surface area contributed by atoms with E-state index < -0.39 is 97.5 Å². The number of unbranched alkanes of at least 4 members (excludes halogenated alkanes) is 59. The van der Waals surface area contributed by atoms with E-state index >= 15 is 0 Å². The van der Waals surface area contributed by atoms with Crippen LogP contribution in [0.1, 0.15) is 471 Å². The molecule has 0 spiro atoms. The van der Waals surface area contributed by atoms with Gasteiger partial charge in [0.1, 0.15) is 19.3 Å². The van der Waals surface area contributed by atoms with Gasteiger partial charge in [0.2, 0.25) is 0 Å². The monoisotopic (exact) mass is 1550 g/mol. The maximum atomic E-state index is 13.2. The number of esters is 4. The third-order valence-electron chi connectivity index (χ3n) is 20.5. The van der Waals surface area contributed by atoms with E-state index in [1.165, 1.54) is 295 Å². The van der Waals surface area contributed by atoms with E-state index in [0.29, 0.717) is 25.7 Å². The highest BCUT2D eigenvalue weighted by Crippen LogP contribution is 2.45. The summed E-state index contributed by atoms with van der Waals surface area (Å²) in [4.78, 5) is 73.3. The van der Waals surface area contributed by atoms with E-state index in [0.717, 1.165) is 95.8 Å². The predicted octanol–water partition coefficient (Wildman–Crippen LogP) is 26.8. The lowest BCUT2D eigenvalue weighted by atomic mass is 10.0. The Hall–Kier alpha value is -1.94. The van der Waals surface area contributed by atoms with Crippen LogP contribution in [0.4, 0.5) is 0 Å². The first-order valence-electron chi connectivity index (χ1n) is 45.1. The molecule has 0 aromatic carbocycles. The van der Waals surface area contributed by atoms with Crippen LogP contribution in [-0.2, 0) is 65.4 Å². The molecule has 0 aliphatic heterocycles. The van der Waals surface area contributed by atoms with Gasteiger partial charge >= 0.3 is 39.5 Å². The van der Waals surface area contributed by atoms with Crippen molar-refractivity contribution in [2.45, 2.75) is 490 Å². The zero-order valence-corrected chi connectivity index (χ0v) is 71.4. The van der Waals surface area contributed by atoms with Crippen LogP contribution in [0.3, 0.4) is 0 Å². The van der Waals surface area contributed by atoms with Gasteiger partial charge < -0.3 is 33.8 Å². The molecule has 5 atom stereocenters. The SMILES string of the molecule is CCCCCCCCCCCCCCCCCCCCCCCC(=O)O[C@H](COC(=O)CCCCCCCCCCCCCCCCCCCCC)COP(=O)(O)OC[C@@H](O)COP(=O)(O)OC[C@@H](COC(=O)CCCCCCCCCCCC(C)C)OC(=O)CCCCCCCCCCCCCCCC. The number of phosphoric acid groups is 2. The van der Waals surface area contributed by atoms with Crippen molar-refractivity contribution in [3.05, 3.63) is 0 Å². The minimum atomic E-state index is -4.97. The molecule has 0 saturated heterocycles. The molecule has 3 N–H and O–H groups in total. The van der Waals surface area contributed by atoms with Crippen LogP contribution in [0.2, 0.25) is 0 Å². The van der Waals surface area contributed by atoms with Gasteiger partial charge in [0.05, 0.1) is 26.4 Å². The molecule has 0 bridgehead atoms. The van der Waals surface area contributed by atoms with Crippen molar-refractivity contribution < 1.29 is 80.2 Å². The Bertz CT molecular complexity index is 2010. The third kappa shape index (κ3) is 80.1. The maximum absolute atomic E-state index is 13.2. The van der Waals surface area contributed by atoms with Gasteiger partial charge in [-0.3, -0.25) is 37.3 Å². The van der Waals surface area contributed by atoms with E-state index in [4.69, 9.17) is 37.0 Å². The van der Waals surface area contributed by atoms with Crippen molar-refractivity contribution in [2.24, 2.45) is 5.92 Å². The summed E-state index contributed by atoms with van der Waals surface area (Å²) in [5.41, 5.74) is 0. The van der Waals surface area contributed by atoms with Crippen molar-refractivity contribution in [3.8, 4) is 0 Å². The summed E-state index contributed by atoms with van der Waals surface area (Å²) in [7, 11) is -9.93. The number of hydrogen-bond donors (Lipinski definition) is 3. The molecule has 0 aromatic heterocycles. The lowest BCUT2D eigenvalue weighted by molar-refractivity contribution is -0.161. The molecule has 106 heavy (non-hydrogen) atoms. The summed E-state index contributed by atoms with van der Waals surface area (Å²) in [5.74, 6) is -1.35. The molecule has 2 unspecified atom stereocenters. The fourth-order valence-electron chi connectivity index (χ4n) is 13.6. The fourth-order valence-corrected chi connectivity index (χ4v) is 15.2. The molecule has 0 aliphatic carbocycles. The number of hydrogen-bond acceptors (Lipinski definition) is 15. The van der Waals surface area contributed by atoms with Crippen molar-refractivity contribution in [2.75, 3.05) is 39.6 Å². The van der Waals surface area contributed by atoms with Crippen molar-refractivity contribution in [3.63, 3.8) is 0 Å².